The van der Waals surface area contributed by atoms with Gasteiger partial charge in [-0.2, -0.15) is 4.98 Å². The van der Waals surface area contributed by atoms with E-state index in [9.17, 15) is 14.0 Å². The molecule has 0 aliphatic rings. The van der Waals surface area contributed by atoms with Crippen molar-refractivity contribution in [3.63, 3.8) is 0 Å². The van der Waals surface area contributed by atoms with E-state index in [1.54, 1.807) is 12.1 Å². The number of anilines is 1. The fourth-order valence-electron chi connectivity index (χ4n) is 3.02. The van der Waals surface area contributed by atoms with Crippen LogP contribution in [0.3, 0.4) is 0 Å². The summed E-state index contributed by atoms with van der Waals surface area (Å²) in [5.41, 5.74) is 1.80. The summed E-state index contributed by atoms with van der Waals surface area (Å²) >= 11 is 5.72. The van der Waals surface area contributed by atoms with Crippen LogP contribution in [-0.2, 0) is 11.3 Å². The molecule has 0 bridgehead atoms. The number of nitrogens with zero attached hydrogens (tertiary/aromatic N) is 3. The molecule has 1 N–H and O–H groups in total. The highest BCUT2D eigenvalue weighted by atomic mass is 35.5. The summed E-state index contributed by atoms with van der Waals surface area (Å²) in [6, 6.07) is 14.5. The van der Waals surface area contributed by atoms with Crippen molar-refractivity contribution in [2.75, 3.05) is 5.32 Å². The second-order valence-electron chi connectivity index (χ2n) is 6.77. The quantitative estimate of drug-likeness (QED) is 0.501. The van der Waals surface area contributed by atoms with Gasteiger partial charge in [0, 0.05) is 17.4 Å². The summed E-state index contributed by atoms with van der Waals surface area (Å²) in [6.45, 7) is 1.66. The van der Waals surface area contributed by atoms with Crippen molar-refractivity contribution >= 4 is 23.2 Å². The van der Waals surface area contributed by atoms with E-state index in [1.807, 2.05) is 31.2 Å². The van der Waals surface area contributed by atoms with Crippen LogP contribution in [0.4, 0.5) is 10.1 Å². The first-order chi connectivity index (χ1) is 14.9. The number of halogens is 2. The van der Waals surface area contributed by atoms with E-state index in [0.717, 1.165) is 17.2 Å². The van der Waals surface area contributed by atoms with Gasteiger partial charge in [-0.3, -0.25) is 9.59 Å². The predicted octanol–water partition coefficient (Wildman–Crippen LogP) is 4.30. The lowest BCUT2D eigenvalue weighted by molar-refractivity contribution is -0.116. The van der Waals surface area contributed by atoms with Crippen molar-refractivity contribution in [3.05, 3.63) is 87.6 Å². The Hall–Kier alpha value is -3.78. The molecule has 0 fully saturated rings. The van der Waals surface area contributed by atoms with Gasteiger partial charge in [-0.05, 0) is 42.8 Å². The minimum atomic E-state index is -0.590. The molecule has 2 aromatic carbocycles. The van der Waals surface area contributed by atoms with Crippen molar-refractivity contribution < 1.29 is 13.7 Å². The SMILES string of the molecule is Cc1ccccc1-c1noc(-c2cccn(CC(=O)Nc3ccc(F)c(Cl)c3)c2=O)n1. The van der Waals surface area contributed by atoms with Gasteiger partial charge in [0.1, 0.15) is 17.9 Å². The fourth-order valence-corrected chi connectivity index (χ4v) is 3.20. The Morgan fingerprint density at radius 1 is 1.16 bits per heavy atom. The molecular formula is C22H16ClFN4O3. The Labute approximate surface area is 181 Å². The van der Waals surface area contributed by atoms with Crippen LogP contribution in [0.15, 0.2) is 70.1 Å². The van der Waals surface area contributed by atoms with E-state index in [1.165, 1.54) is 22.9 Å². The van der Waals surface area contributed by atoms with Gasteiger partial charge in [0.15, 0.2) is 0 Å². The summed E-state index contributed by atoms with van der Waals surface area (Å²) in [4.78, 5) is 29.5. The van der Waals surface area contributed by atoms with E-state index in [0.29, 0.717) is 11.5 Å². The van der Waals surface area contributed by atoms with Crippen molar-refractivity contribution in [1.29, 1.82) is 0 Å². The molecule has 31 heavy (non-hydrogen) atoms. The largest absolute Gasteiger partial charge is 0.333 e. The normalized spacial score (nSPS) is 10.8. The molecule has 0 atom stereocenters. The summed E-state index contributed by atoms with van der Waals surface area (Å²) < 4.78 is 19.8. The van der Waals surface area contributed by atoms with Crippen LogP contribution in [0.2, 0.25) is 5.02 Å². The number of benzene rings is 2. The highest BCUT2D eigenvalue weighted by molar-refractivity contribution is 6.31. The Morgan fingerprint density at radius 2 is 1.94 bits per heavy atom. The van der Waals surface area contributed by atoms with Crippen LogP contribution in [0, 0.1) is 12.7 Å². The Morgan fingerprint density at radius 3 is 2.71 bits per heavy atom. The third-order valence-corrected chi connectivity index (χ3v) is 4.87. The van der Waals surface area contributed by atoms with Crippen molar-refractivity contribution in [2.45, 2.75) is 13.5 Å². The van der Waals surface area contributed by atoms with E-state index in [-0.39, 0.29) is 23.0 Å². The van der Waals surface area contributed by atoms with Crippen LogP contribution >= 0.6 is 11.6 Å². The average molecular weight is 439 g/mol. The van der Waals surface area contributed by atoms with E-state index >= 15 is 0 Å². The van der Waals surface area contributed by atoms with E-state index in [4.69, 9.17) is 16.1 Å². The molecule has 0 radical (unpaired) electrons. The maximum absolute atomic E-state index is 13.3. The van der Waals surface area contributed by atoms with Crippen molar-refractivity contribution in [2.24, 2.45) is 0 Å². The number of hydrogen-bond acceptors (Lipinski definition) is 5. The minimum absolute atomic E-state index is 0.0586. The van der Waals surface area contributed by atoms with Gasteiger partial charge in [0.25, 0.3) is 11.4 Å². The molecule has 156 valence electrons. The summed E-state index contributed by atoms with van der Waals surface area (Å²) in [7, 11) is 0. The lowest BCUT2D eigenvalue weighted by Gasteiger charge is -2.08. The van der Waals surface area contributed by atoms with Gasteiger partial charge in [0.2, 0.25) is 11.7 Å². The molecule has 9 heteroatoms. The average Bonchev–Trinajstić information content (AvgIpc) is 3.22. The number of carbonyl (C=O) groups excluding carboxylic acids is 1. The Kier molecular flexibility index (Phi) is 5.64. The molecule has 0 aliphatic heterocycles. The number of aryl methyl sites for hydroxylation is 1. The molecule has 0 saturated carbocycles. The van der Waals surface area contributed by atoms with Crippen LogP contribution in [0.1, 0.15) is 5.56 Å². The van der Waals surface area contributed by atoms with Gasteiger partial charge >= 0.3 is 0 Å². The molecule has 4 rings (SSSR count). The number of rotatable bonds is 5. The smallest absolute Gasteiger partial charge is 0.263 e. The second-order valence-corrected chi connectivity index (χ2v) is 7.18. The van der Waals surface area contributed by atoms with Crippen molar-refractivity contribution in [1.82, 2.24) is 14.7 Å². The van der Waals surface area contributed by atoms with Gasteiger partial charge in [-0.1, -0.05) is 41.0 Å². The molecule has 4 aromatic rings. The topological polar surface area (TPSA) is 90.0 Å². The van der Waals surface area contributed by atoms with Gasteiger partial charge in [-0.25, -0.2) is 4.39 Å². The van der Waals surface area contributed by atoms with Gasteiger partial charge < -0.3 is 14.4 Å². The molecule has 1 amide bonds. The highest BCUT2D eigenvalue weighted by Crippen LogP contribution is 2.23. The molecule has 0 unspecified atom stereocenters. The van der Waals surface area contributed by atoms with Gasteiger partial charge in [-0.15, -0.1) is 0 Å². The van der Waals surface area contributed by atoms with Crippen LogP contribution in [0.5, 0.6) is 0 Å². The number of pyridine rings is 1. The van der Waals surface area contributed by atoms with Crippen LogP contribution in [0.25, 0.3) is 22.8 Å². The van der Waals surface area contributed by atoms with Crippen LogP contribution in [-0.4, -0.2) is 20.6 Å². The molecule has 2 heterocycles. The lowest BCUT2D eigenvalue weighted by Crippen LogP contribution is -2.28. The second kappa shape index (κ2) is 8.53. The van der Waals surface area contributed by atoms with E-state index in [2.05, 4.69) is 15.5 Å². The first-order valence-electron chi connectivity index (χ1n) is 9.27. The maximum Gasteiger partial charge on any atom is 0.263 e. The number of aromatic nitrogens is 3. The Balaban J connectivity index is 1.56. The lowest BCUT2D eigenvalue weighted by atomic mass is 10.1. The number of amides is 1. The molecule has 7 nitrogen and oxygen atoms in total. The summed E-state index contributed by atoms with van der Waals surface area (Å²) in [6.07, 6.45) is 1.47. The summed E-state index contributed by atoms with van der Waals surface area (Å²) in [5.74, 6) is -0.640. The maximum atomic E-state index is 13.3. The monoisotopic (exact) mass is 438 g/mol. The molecule has 0 spiro atoms. The minimum Gasteiger partial charge on any atom is -0.333 e. The zero-order valence-corrected chi connectivity index (χ0v) is 17.1. The number of carbonyl (C=O) groups is 1. The molecule has 2 aromatic heterocycles. The predicted molar refractivity (Wildman–Crippen MR) is 114 cm³/mol. The first-order valence-corrected chi connectivity index (χ1v) is 9.64. The van der Waals surface area contributed by atoms with Crippen LogP contribution < -0.4 is 10.9 Å². The van der Waals surface area contributed by atoms with Gasteiger partial charge in [0.05, 0.1) is 5.02 Å². The molecule has 0 saturated heterocycles. The fraction of sp³-hybridized carbons (Fsp3) is 0.0909. The standard InChI is InChI=1S/C22H16ClFN4O3/c1-13-5-2-3-6-15(13)20-26-21(31-27-20)16-7-4-10-28(22(16)30)12-19(29)25-14-8-9-18(24)17(23)11-14/h2-11H,12H2,1H3,(H,25,29). The third-order valence-electron chi connectivity index (χ3n) is 4.58. The van der Waals surface area contributed by atoms with Crippen molar-refractivity contribution in [3.8, 4) is 22.8 Å². The molecule has 0 aliphatic carbocycles. The Bertz CT molecular complexity index is 1330. The zero-order chi connectivity index (χ0) is 22.0. The first kappa shape index (κ1) is 20.5. The van der Waals surface area contributed by atoms with E-state index < -0.39 is 17.3 Å². The highest BCUT2D eigenvalue weighted by Gasteiger charge is 2.17. The number of nitrogens with one attached hydrogen (secondary N) is 1. The summed E-state index contributed by atoms with van der Waals surface area (Å²) in [5, 5.41) is 6.43. The zero-order valence-electron chi connectivity index (χ0n) is 16.3. The number of hydrogen-bond donors (Lipinski definition) is 1. The molecular weight excluding hydrogens is 423 g/mol. The third kappa shape index (κ3) is 4.39.